The SMILES string of the molecule is Cc1[nH]nc(-c2cc(Cl)ccc2F)c1C(=O)O. The zero-order chi connectivity index (χ0) is 12.6. The molecule has 0 amide bonds. The first-order chi connectivity index (χ1) is 8.00. The summed E-state index contributed by atoms with van der Waals surface area (Å²) in [6.45, 7) is 1.56. The number of nitrogens with zero attached hydrogens (tertiary/aromatic N) is 1. The van der Waals surface area contributed by atoms with Crippen LogP contribution in [-0.2, 0) is 0 Å². The predicted octanol–water partition coefficient (Wildman–Crippen LogP) is 2.88. The third-order valence-corrected chi connectivity index (χ3v) is 2.58. The fourth-order valence-electron chi connectivity index (χ4n) is 1.56. The highest BCUT2D eigenvalue weighted by atomic mass is 35.5. The van der Waals surface area contributed by atoms with E-state index in [-0.39, 0.29) is 16.8 Å². The Morgan fingerprint density at radius 1 is 1.53 bits per heavy atom. The predicted molar refractivity (Wildman–Crippen MR) is 60.7 cm³/mol. The van der Waals surface area contributed by atoms with Crippen LogP contribution in [0.1, 0.15) is 16.1 Å². The van der Waals surface area contributed by atoms with Crippen molar-refractivity contribution in [3.8, 4) is 11.3 Å². The van der Waals surface area contributed by atoms with Gasteiger partial charge in [0, 0.05) is 16.3 Å². The molecule has 17 heavy (non-hydrogen) atoms. The Kier molecular flexibility index (Phi) is 2.85. The molecule has 1 heterocycles. The van der Waals surface area contributed by atoms with Crippen LogP contribution in [0.3, 0.4) is 0 Å². The summed E-state index contributed by atoms with van der Waals surface area (Å²) in [4.78, 5) is 11.1. The molecule has 6 heteroatoms. The molecule has 4 nitrogen and oxygen atoms in total. The Morgan fingerprint density at radius 2 is 2.24 bits per heavy atom. The van der Waals surface area contributed by atoms with Gasteiger partial charge in [0.1, 0.15) is 17.1 Å². The summed E-state index contributed by atoms with van der Waals surface area (Å²) in [5.41, 5.74) is 0.437. The average Bonchev–Trinajstić information content (AvgIpc) is 2.64. The molecule has 0 bridgehead atoms. The van der Waals surface area contributed by atoms with E-state index in [4.69, 9.17) is 16.7 Å². The molecule has 0 saturated carbocycles. The summed E-state index contributed by atoms with van der Waals surface area (Å²) in [5.74, 6) is -1.73. The first kappa shape index (κ1) is 11.6. The number of aryl methyl sites for hydroxylation is 1. The van der Waals surface area contributed by atoms with E-state index >= 15 is 0 Å². The van der Waals surface area contributed by atoms with Gasteiger partial charge in [-0.25, -0.2) is 9.18 Å². The standard InChI is InChI=1S/C11H8ClFN2O2/c1-5-9(11(16)17)10(15-14-5)7-4-6(12)2-3-8(7)13/h2-4H,1H3,(H,14,15)(H,16,17). The van der Waals surface area contributed by atoms with Crippen molar-refractivity contribution in [1.82, 2.24) is 10.2 Å². The van der Waals surface area contributed by atoms with Crippen LogP contribution in [-0.4, -0.2) is 21.3 Å². The van der Waals surface area contributed by atoms with Crippen molar-refractivity contribution < 1.29 is 14.3 Å². The van der Waals surface area contributed by atoms with Gasteiger partial charge in [-0.15, -0.1) is 0 Å². The minimum atomic E-state index is -1.16. The molecule has 0 fully saturated rings. The summed E-state index contributed by atoms with van der Waals surface area (Å²) in [6, 6.07) is 3.91. The number of carboxylic acid groups (broad SMARTS) is 1. The summed E-state index contributed by atoms with van der Waals surface area (Å²) in [5, 5.41) is 15.7. The number of carboxylic acids is 1. The van der Waals surface area contributed by atoms with Crippen LogP contribution in [0.4, 0.5) is 4.39 Å². The number of H-pyrrole nitrogens is 1. The fraction of sp³-hybridized carbons (Fsp3) is 0.0909. The molecule has 0 spiro atoms. The van der Waals surface area contributed by atoms with Crippen molar-refractivity contribution >= 4 is 17.6 Å². The molecule has 2 N–H and O–H groups in total. The molecule has 2 aromatic rings. The van der Waals surface area contributed by atoms with Gasteiger partial charge in [0.15, 0.2) is 0 Å². The molecule has 0 atom stereocenters. The maximum absolute atomic E-state index is 13.6. The molecule has 0 aliphatic carbocycles. The number of hydrogen-bond donors (Lipinski definition) is 2. The minimum Gasteiger partial charge on any atom is -0.478 e. The highest BCUT2D eigenvalue weighted by molar-refractivity contribution is 6.30. The molecule has 0 radical (unpaired) electrons. The van der Waals surface area contributed by atoms with E-state index in [1.807, 2.05) is 0 Å². The molecule has 0 unspecified atom stereocenters. The van der Waals surface area contributed by atoms with E-state index < -0.39 is 11.8 Å². The highest BCUT2D eigenvalue weighted by Crippen LogP contribution is 2.28. The molecule has 1 aromatic heterocycles. The lowest BCUT2D eigenvalue weighted by atomic mass is 10.1. The van der Waals surface area contributed by atoms with Crippen molar-refractivity contribution in [3.63, 3.8) is 0 Å². The second kappa shape index (κ2) is 4.18. The average molecular weight is 255 g/mol. The fourth-order valence-corrected chi connectivity index (χ4v) is 1.74. The summed E-state index contributed by atoms with van der Waals surface area (Å²) in [6.07, 6.45) is 0. The lowest BCUT2D eigenvalue weighted by Gasteiger charge is -2.02. The lowest BCUT2D eigenvalue weighted by Crippen LogP contribution is -2.00. The first-order valence-corrected chi connectivity index (χ1v) is 5.12. The van der Waals surface area contributed by atoms with Crippen molar-refractivity contribution in [1.29, 1.82) is 0 Å². The van der Waals surface area contributed by atoms with Gasteiger partial charge in [0.05, 0.1) is 0 Å². The van der Waals surface area contributed by atoms with Gasteiger partial charge in [-0.05, 0) is 25.1 Å². The Labute approximate surface area is 101 Å². The third-order valence-electron chi connectivity index (χ3n) is 2.34. The number of carbonyl (C=O) groups is 1. The molecule has 0 aliphatic heterocycles. The number of halogens is 2. The Bertz CT molecular complexity index is 595. The Balaban J connectivity index is 2.68. The summed E-state index contributed by atoms with van der Waals surface area (Å²) < 4.78 is 13.6. The zero-order valence-electron chi connectivity index (χ0n) is 8.79. The third kappa shape index (κ3) is 2.01. The number of aromatic nitrogens is 2. The Hall–Kier alpha value is -1.88. The zero-order valence-corrected chi connectivity index (χ0v) is 9.55. The second-order valence-corrected chi connectivity index (χ2v) is 3.94. The smallest absolute Gasteiger partial charge is 0.339 e. The molecular weight excluding hydrogens is 247 g/mol. The van der Waals surface area contributed by atoms with Gasteiger partial charge >= 0.3 is 5.97 Å². The highest BCUT2D eigenvalue weighted by Gasteiger charge is 2.20. The van der Waals surface area contributed by atoms with Crippen LogP contribution in [0.25, 0.3) is 11.3 Å². The quantitative estimate of drug-likeness (QED) is 0.866. The number of benzene rings is 1. The van der Waals surface area contributed by atoms with Crippen molar-refractivity contribution in [3.05, 3.63) is 40.3 Å². The number of nitrogens with one attached hydrogen (secondary N) is 1. The Morgan fingerprint density at radius 3 is 2.88 bits per heavy atom. The van der Waals surface area contributed by atoms with Gasteiger partial charge in [0.2, 0.25) is 0 Å². The van der Waals surface area contributed by atoms with Crippen molar-refractivity contribution in [2.75, 3.05) is 0 Å². The van der Waals surface area contributed by atoms with E-state index in [1.165, 1.54) is 18.2 Å². The molecule has 2 rings (SSSR count). The van der Waals surface area contributed by atoms with E-state index in [0.717, 1.165) is 0 Å². The maximum Gasteiger partial charge on any atom is 0.339 e. The van der Waals surface area contributed by atoms with E-state index in [2.05, 4.69) is 10.2 Å². The van der Waals surface area contributed by atoms with Crippen LogP contribution in [0.5, 0.6) is 0 Å². The van der Waals surface area contributed by atoms with Gasteiger partial charge in [-0.1, -0.05) is 11.6 Å². The molecule has 88 valence electrons. The van der Waals surface area contributed by atoms with Crippen LogP contribution in [0.15, 0.2) is 18.2 Å². The largest absolute Gasteiger partial charge is 0.478 e. The lowest BCUT2D eigenvalue weighted by molar-refractivity contribution is 0.0697. The monoisotopic (exact) mass is 254 g/mol. The van der Waals surface area contributed by atoms with Crippen molar-refractivity contribution in [2.45, 2.75) is 6.92 Å². The summed E-state index contributed by atoms with van der Waals surface area (Å²) >= 11 is 5.75. The number of aromatic carboxylic acids is 1. The van der Waals surface area contributed by atoms with Crippen LogP contribution >= 0.6 is 11.6 Å². The molecule has 1 aromatic carbocycles. The van der Waals surface area contributed by atoms with Crippen LogP contribution < -0.4 is 0 Å². The maximum atomic E-state index is 13.6. The number of aromatic amines is 1. The normalized spacial score (nSPS) is 10.5. The molecule has 0 saturated heterocycles. The number of hydrogen-bond acceptors (Lipinski definition) is 2. The van der Waals surface area contributed by atoms with Crippen LogP contribution in [0.2, 0.25) is 5.02 Å². The topological polar surface area (TPSA) is 66.0 Å². The number of rotatable bonds is 2. The van der Waals surface area contributed by atoms with Gasteiger partial charge < -0.3 is 5.11 Å². The molecular formula is C11H8ClFN2O2. The van der Waals surface area contributed by atoms with Crippen LogP contribution in [0, 0.1) is 12.7 Å². The summed E-state index contributed by atoms with van der Waals surface area (Å²) in [7, 11) is 0. The molecule has 0 aliphatic rings. The van der Waals surface area contributed by atoms with Gasteiger partial charge in [-0.2, -0.15) is 5.10 Å². The second-order valence-electron chi connectivity index (χ2n) is 3.50. The van der Waals surface area contributed by atoms with Gasteiger partial charge in [-0.3, -0.25) is 5.10 Å². The van der Waals surface area contributed by atoms with Gasteiger partial charge in [0.25, 0.3) is 0 Å². The van der Waals surface area contributed by atoms with E-state index in [0.29, 0.717) is 10.7 Å². The van der Waals surface area contributed by atoms with E-state index in [9.17, 15) is 9.18 Å². The van der Waals surface area contributed by atoms with Crippen molar-refractivity contribution in [2.24, 2.45) is 0 Å². The van der Waals surface area contributed by atoms with E-state index in [1.54, 1.807) is 6.92 Å². The minimum absolute atomic E-state index is 0.0498. The first-order valence-electron chi connectivity index (χ1n) is 4.74.